The second-order valence-electron chi connectivity index (χ2n) is 8.34. The molecule has 0 aromatic heterocycles. The average molecular weight is 492 g/mol. The summed E-state index contributed by atoms with van der Waals surface area (Å²) in [6.45, 7) is 6.41. The predicted octanol–water partition coefficient (Wildman–Crippen LogP) is 2.80. The number of ether oxygens (including phenoxy) is 1. The molecule has 2 aliphatic heterocycles. The molecule has 2 heterocycles. The molecule has 1 saturated heterocycles. The monoisotopic (exact) mass is 491 g/mol. The van der Waals surface area contributed by atoms with Gasteiger partial charge in [-0.1, -0.05) is 23.7 Å². The number of piperazine rings is 1. The number of rotatable bonds is 5. The number of carbonyl (C=O) groups is 2. The number of fused-ring (bicyclic) bond motifs is 1. The highest BCUT2D eigenvalue weighted by atomic mass is 35.5. The first-order valence-corrected chi connectivity index (χ1v) is 12.8. The zero-order valence-corrected chi connectivity index (χ0v) is 20.1. The number of halogens is 1. The molecule has 8 nitrogen and oxygen atoms in total. The molecule has 2 amide bonds. The van der Waals surface area contributed by atoms with Crippen molar-refractivity contribution < 1.29 is 22.7 Å². The highest BCUT2D eigenvalue weighted by Crippen LogP contribution is 2.36. The summed E-state index contributed by atoms with van der Waals surface area (Å²) in [6, 6.07) is 8.99. The fraction of sp³-hybridized carbons (Fsp3) is 0.391. The van der Waals surface area contributed by atoms with Crippen LogP contribution in [0.25, 0.3) is 0 Å². The maximum atomic E-state index is 12.9. The third-order valence-electron chi connectivity index (χ3n) is 5.92. The van der Waals surface area contributed by atoms with Crippen molar-refractivity contribution >= 4 is 44.6 Å². The maximum Gasteiger partial charge on any atom is 0.262 e. The number of hydrogen-bond donors (Lipinski definition) is 1. The van der Waals surface area contributed by atoms with Crippen LogP contribution in [-0.2, 0) is 19.4 Å². The minimum Gasteiger partial charge on any atom is -0.482 e. The standard InChI is InChI=1S/C23H26ClN3O5S/c1-15-3-4-16(2)19(11-15)26-6-8-27(9-7-26)23(29)5-10-33(30,31)21-13-20-18(12-17(21)24)25-22(28)14-32-20/h3-4,11-13H,5-10,14H2,1-2H3,(H,25,28). The Morgan fingerprint density at radius 2 is 1.85 bits per heavy atom. The number of sulfone groups is 1. The van der Waals surface area contributed by atoms with Gasteiger partial charge < -0.3 is 19.9 Å². The molecule has 0 saturated carbocycles. The molecule has 10 heteroatoms. The van der Waals surface area contributed by atoms with E-state index in [0.29, 0.717) is 31.9 Å². The van der Waals surface area contributed by atoms with E-state index in [1.165, 1.54) is 28.9 Å². The van der Waals surface area contributed by atoms with Gasteiger partial charge in [0.25, 0.3) is 5.91 Å². The Morgan fingerprint density at radius 1 is 1.12 bits per heavy atom. The third-order valence-corrected chi connectivity index (χ3v) is 8.10. The number of anilines is 2. The third kappa shape index (κ3) is 5.09. The van der Waals surface area contributed by atoms with Crippen LogP contribution in [0.2, 0.25) is 5.02 Å². The molecule has 2 aromatic rings. The van der Waals surface area contributed by atoms with E-state index in [2.05, 4.69) is 42.3 Å². The summed E-state index contributed by atoms with van der Waals surface area (Å²) in [4.78, 5) is 28.0. The quantitative estimate of drug-likeness (QED) is 0.691. The smallest absolute Gasteiger partial charge is 0.262 e. The van der Waals surface area contributed by atoms with Gasteiger partial charge in [0.2, 0.25) is 5.91 Å². The summed E-state index contributed by atoms with van der Waals surface area (Å²) in [5, 5.41) is 2.57. The molecule has 1 fully saturated rings. The van der Waals surface area contributed by atoms with Gasteiger partial charge in [0.05, 0.1) is 21.4 Å². The summed E-state index contributed by atoms with van der Waals surface area (Å²) in [5.41, 5.74) is 3.88. The SMILES string of the molecule is Cc1ccc(C)c(N2CCN(C(=O)CCS(=O)(=O)c3cc4c(cc3Cl)NC(=O)CO4)CC2)c1. The second kappa shape index (κ2) is 9.23. The number of hydrogen-bond acceptors (Lipinski definition) is 6. The molecule has 2 aliphatic rings. The number of amides is 2. The van der Waals surface area contributed by atoms with Gasteiger partial charge in [0.1, 0.15) is 5.75 Å². The molecule has 0 unspecified atom stereocenters. The van der Waals surface area contributed by atoms with Crippen LogP contribution in [0.15, 0.2) is 35.2 Å². The van der Waals surface area contributed by atoms with Crippen LogP contribution in [-0.4, -0.2) is 63.7 Å². The summed E-state index contributed by atoms with van der Waals surface area (Å²) >= 11 is 6.17. The van der Waals surface area contributed by atoms with Crippen molar-refractivity contribution in [2.24, 2.45) is 0 Å². The summed E-state index contributed by atoms with van der Waals surface area (Å²) in [5.74, 6) is -0.644. The molecule has 2 aromatic carbocycles. The van der Waals surface area contributed by atoms with Crippen LogP contribution in [0.4, 0.5) is 11.4 Å². The maximum absolute atomic E-state index is 12.9. The lowest BCUT2D eigenvalue weighted by Crippen LogP contribution is -2.49. The van der Waals surface area contributed by atoms with Gasteiger partial charge in [0, 0.05) is 44.4 Å². The van der Waals surface area contributed by atoms with Gasteiger partial charge in [-0.15, -0.1) is 0 Å². The van der Waals surface area contributed by atoms with E-state index in [-0.39, 0.29) is 46.3 Å². The van der Waals surface area contributed by atoms with E-state index in [9.17, 15) is 18.0 Å². The van der Waals surface area contributed by atoms with Crippen LogP contribution in [0, 0.1) is 13.8 Å². The number of aryl methyl sites for hydroxylation is 2. The lowest BCUT2D eigenvalue weighted by molar-refractivity contribution is -0.131. The van der Waals surface area contributed by atoms with E-state index in [4.69, 9.17) is 16.3 Å². The highest BCUT2D eigenvalue weighted by Gasteiger charge is 2.27. The molecular formula is C23H26ClN3O5S. The number of benzene rings is 2. The Balaban J connectivity index is 1.37. The second-order valence-corrected chi connectivity index (χ2v) is 10.8. The van der Waals surface area contributed by atoms with E-state index < -0.39 is 9.84 Å². The largest absolute Gasteiger partial charge is 0.482 e. The van der Waals surface area contributed by atoms with Crippen molar-refractivity contribution in [1.29, 1.82) is 0 Å². The van der Waals surface area contributed by atoms with E-state index in [1.54, 1.807) is 4.90 Å². The Bertz CT molecular complexity index is 1210. The topological polar surface area (TPSA) is 96.0 Å². The van der Waals surface area contributed by atoms with Gasteiger partial charge in [-0.25, -0.2) is 8.42 Å². The van der Waals surface area contributed by atoms with Crippen molar-refractivity contribution in [3.05, 3.63) is 46.5 Å². The van der Waals surface area contributed by atoms with Gasteiger partial charge >= 0.3 is 0 Å². The molecule has 176 valence electrons. The van der Waals surface area contributed by atoms with Gasteiger partial charge in [-0.3, -0.25) is 9.59 Å². The van der Waals surface area contributed by atoms with Crippen LogP contribution >= 0.6 is 11.6 Å². The van der Waals surface area contributed by atoms with Crippen LogP contribution in [0.1, 0.15) is 17.5 Å². The Kier molecular flexibility index (Phi) is 6.54. The molecular weight excluding hydrogens is 466 g/mol. The number of carbonyl (C=O) groups excluding carboxylic acids is 2. The fourth-order valence-electron chi connectivity index (χ4n) is 4.07. The summed E-state index contributed by atoms with van der Waals surface area (Å²) in [6.07, 6.45) is -0.128. The molecule has 1 N–H and O–H groups in total. The molecule has 4 rings (SSSR count). The van der Waals surface area contributed by atoms with Gasteiger partial charge in [-0.2, -0.15) is 0 Å². The van der Waals surface area contributed by atoms with Crippen molar-refractivity contribution in [1.82, 2.24) is 4.90 Å². The number of nitrogens with one attached hydrogen (secondary N) is 1. The first-order valence-electron chi connectivity index (χ1n) is 10.7. The van der Waals surface area contributed by atoms with Crippen LogP contribution in [0.3, 0.4) is 0 Å². The first kappa shape index (κ1) is 23.4. The summed E-state index contributed by atoms with van der Waals surface area (Å²) < 4.78 is 31.1. The van der Waals surface area contributed by atoms with Gasteiger partial charge in [-0.05, 0) is 37.1 Å². The Labute approximate surface area is 198 Å². The Morgan fingerprint density at radius 3 is 2.58 bits per heavy atom. The Hall–Kier alpha value is -2.78. The molecule has 0 radical (unpaired) electrons. The molecule has 33 heavy (non-hydrogen) atoms. The minimum atomic E-state index is -3.82. The fourth-order valence-corrected chi connectivity index (χ4v) is 5.89. The normalized spacial score (nSPS) is 16.2. The number of nitrogens with zero attached hydrogens (tertiary/aromatic N) is 2. The molecule has 0 atom stereocenters. The van der Waals surface area contributed by atoms with E-state index in [1.807, 2.05) is 0 Å². The average Bonchev–Trinajstić information content (AvgIpc) is 2.78. The van der Waals surface area contributed by atoms with E-state index >= 15 is 0 Å². The van der Waals surface area contributed by atoms with Crippen LogP contribution in [0.5, 0.6) is 5.75 Å². The van der Waals surface area contributed by atoms with Crippen molar-refractivity contribution in [2.75, 3.05) is 48.8 Å². The zero-order chi connectivity index (χ0) is 23.8. The van der Waals surface area contributed by atoms with Crippen LogP contribution < -0.4 is 15.0 Å². The molecule has 0 spiro atoms. The molecule has 0 bridgehead atoms. The minimum absolute atomic E-state index is 0.0193. The van der Waals surface area contributed by atoms with Crippen molar-refractivity contribution in [3.63, 3.8) is 0 Å². The predicted molar refractivity (Wildman–Crippen MR) is 127 cm³/mol. The highest BCUT2D eigenvalue weighted by molar-refractivity contribution is 7.91. The summed E-state index contributed by atoms with van der Waals surface area (Å²) in [7, 11) is -3.82. The lowest BCUT2D eigenvalue weighted by atomic mass is 10.1. The lowest BCUT2D eigenvalue weighted by Gasteiger charge is -2.37. The van der Waals surface area contributed by atoms with Crippen molar-refractivity contribution in [2.45, 2.75) is 25.2 Å². The molecule has 0 aliphatic carbocycles. The first-order chi connectivity index (χ1) is 15.6. The van der Waals surface area contributed by atoms with Gasteiger partial charge in [0.15, 0.2) is 16.4 Å². The van der Waals surface area contributed by atoms with Crippen molar-refractivity contribution in [3.8, 4) is 5.75 Å². The zero-order valence-electron chi connectivity index (χ0n) is 18.6. The van der Waals surface area contributed by atoms with E-state index in [0.717, 1.165) is 0 Å².